The third-order valence-corrected chi connectivity index (χ3v) is 6.69. The molecular weight excluding hydrogens is 492 g/mol. The van der Waals surface area contributed by atoms with Crippen molar-refractivity contribution in [2.75, 3.05) is 13.1 Å². The number of amides is 1. The van der Waals surface area contributed by atoms with E-state index < -0.39 is 35.7 Å². The molecule has 9 heteroatoms. The predicted octanol–water partition coefficient (Wildman–Crippen LogP) is 3.74. The minimum absolute atomic E-state index is 0.0356. The summed E-state index contributed by atoms with van der Waals surface area (Å²) in [4.78, 5) is 27.2. The van der Waals surface area contributed by atoms with Gasteiger partial charge in [0.05, 0.1) is 18.7 Å². The lowest BCUT2D eigenvalue weighted by atomic mass is 10.0. The highest BCUT2D eigenvalue weighted by molar-refractivity contribution is 5.86. The van der Waals surface area contributed by atoms with Crippen LogP contribution in [0.2, 0.25) is 0 Å². The highest BCUT2D eigenvalue weighted by Crippen LogP contribution is 2.23. The molecule has 0 radical (unpaired) electrons. The summed E-state index contributed by atoms with van der Waals surface area (Å²) in [5, 5.41) is 3.29. The van der Waals surface area contributed by atoms with Gasteiger partial charge >= 0.3 is 5.97 Å². The van der Waals surface area contributed by atoms with Crippen LogP contribution in [0.1, 0.15) is 35.8 Å². The highest BCUT2D eigenvalue weighted by atomic mass is 19.1. The Morgan fingerprint density at radius 1 is 1.13 bits per heavy atom. The van der Waals surface area contributed by atoms with Crippen molar-refractivity contribution >= 4 is 11.9 Å². The number of carbonyl (C=O) groups is 2. The number of nitrogens with one attached hydrogen (secondary N) is 1. The van der Waals surface area contributed by atoms with Gasteiger partial charge in [0.2, 0.25) is 5.91 Å². The third-order valence-electron chi connectivity index (χ3n) is 6.69. The fraction of sp³-hybridized carbons (Fsp3) is 0.379. The number of esters is 1. The van der Waals surface area contributed by atoms with E-state index in [9.17, 15) is 18.4 Å². The van der Waals surface area contributed by atoms with Crippen molar-refractivity contribution in [3.63, 3.8) is 0 Å². The predicted molar refractivity (Wildman–Crippen MR) is 138 cm³/mol. The molecule has 1 amide bonds. The molecule has 1 aliphatic rings. The van der Waals surface area contributed by atoms with E-state index in [-0.39, 0.29) is 38.4 Å². The first-order valence-corrected chi connectivity index (χ1v) is 12.8. The zero-order chi connectivity index (χ0) is 27.1. The van der Waals surface area contributed by atoms with Crippen LogP contribution in [-0.2, 0) is 40.3 Å². The van der Waals surface area contributed by atoms with Gasteiger partial charge in [0, 0.05) is 38.2 Å². The topological polar surface area (TPSA) is 97.8 Å². The fourth-order valence-corrected chi connectivity index (χ4v) is 4.65. The molecule has 0 spiro atoms. The molecule has 3 N–H and O–H groups in total. The van der Waals surface area contributed by atoms with E-state index >= 15 is 0 Å². The van der Waals surface area contributed by atoms with Crippen LogP contribution in [0.5, 0.6) is 0 Å². The number of furan rings is 1. The van der Waals surface area contributed by atoms with Crippen molar-refractivity contribution < 1.29 is 27.5 Å². The summed E-state index contributed by atoms with van der Waals surface area (Å²) in [6.45, 7) is 3.34. The molecule has 1 aromatic heterocycles. The number of hydrogen-bond acceptors (Lipinski definition) is 6. The van der Waals surface area contributed by atoms with E-state index in [1.165, 1.54) is 24.0 Å². The van der Waals surface area contributed by atoms with Crippen LogP contribution in [0, 0.1) is 17.6 Å². The lowest BCUT2D eigenvalue weighted by Crippen LogP contribution is -2.46. The van der Waals surface area contributed by atoms with E-state index in [1.54, 1.807) is 17.0 Å². The molecule has 3 atom stereocenters. The van der Waals surface area contributed by atoms with Gasteiger partial charge in [-0.1, -0.05) is 31.2 Å². The summed E-state index contributed by atoms with van der Waals surface area (Å²) in [5.41, 5.74) is 9.07. The summed E-state index contributed by atoms with van der Waals surface area (Å²) >= 11 is 0. The molecule has 3 unspecified atom stereocenters. The second kappa shape index (κ2) is 12.8. The SMILES string of the molecule is CCc1cccc(CNCC(OC(=O)C2CC(=O)N(Cc3ccco3)C2)C(N)Cc2cc(F)cc(F)c2)c1. The molecule has 0 saturated carbocycles. The minimum atomic E-state index is -0.780. The van der Waals surface area contributed by atoms with E-state index in [0.717, 1.165) is 18.1 Å². The van der Waals surface area contributed by atoms with Crippen molar-refractivity contribution in [1.29, 1.82) is 0 Å². The van der Waals surface area contributed by atoms with Gasteiger partial charge in [-0.15, -0.1) is 0 Å². The first-order valence-electron chi connectivity index (χ1n) is 12.8. The summed E-state index contributed by atoms with van der Waals surface area (Å²) < 4.78 is 38.6. The first kappa shape index (κ1) is 27.5. The number of benzene rings is 2. The Bertz CT molecular complexity index is 1210. The van der Waals surface area contributed by atoms with Gasteiger partial charge in [-0.3, -0.25) is 9.59 Å². The van der Waals surface area contributed by atoms with Gasteiger partial charge in [-0.2, -0.15) is 0 Å². The quantitative estimate of drug-likeness (QED) is 0.350. The Morgan fingerprint density at radius 2 is 1.89 bits per heavy atom. The number of likely N-dealkylation sites (tertiary alicyclic amines) is 1. The maximum atomic E-state index is 13.7. The summed E-state index contributed by atoms with van der Waals surface area (Å²) in [5.74, 6) is -2.09. The molecule has 4 rings (SSSR count). The molecular formula is C29H33F2N3O4. The smallest absolute Gasteiger partial charge is 0.311 e. The Morgan fingerprint density at radius 3 is 2.61 bits per heavy atom. The van der Waals surface area contributed by atoms with Crippen molar-refractivity contribution in [1.82, 2.24) is 10.2 Å². The standard InChI is InChI=1S/C29H33F2N3O4/c1-2-19-5-3-6-20(9-19)15-33-16-27(26(32)12-21-10-23(30)14-24(31)11-21)38-29(36)22-13-28(35)34(17-22)18-25-7-4-8-37-25/h3-11,14,22,26-27,33H,2,12-13,15-18,32H2,1H3. The zero-order valence-corrected chi connectivity index (χ0v) is 21.4. The molecule has 1 aliphatic heterocycles. The van der Waals surface area contributed by atoms with Crippen LogP contribution >= 0.6 is 0 Å². The number of rotatable bonds is 12. The number of nitrogens with two attached hydrogens (primary N) is 1. The molecule has 1 saturated heterocycles. The lowest BCUT2D eigenvalue weighted by molar-refractivity contribution is -0.154. The number of hydrogen-bond donors (Lipinski definition) is 2. The Kier molecular flexibility index (Phi) is 9.25. The van der Waals surface area contributed by atoms with Crippen LogP contribution in [0.3, 0.4) is 0 Å². The van der Waals surface area contributed by atoms with Crippen molar-refractivity contribution in [2.24, 2.45) is 11.7 Å². The number of nitrogens with zero attached hydrogens (tertiary/aromatic N) is 1. The van der Waals surface area contributed by atoms with Gasteiger partial charge in [0.1, 0.15) is 23.5 Å². The second-order valence-corrected chi connectivity index (χ2v) is 9.68. The maximum Gasteiger partial charge on any atom is 0.311 e. The average molecular weight is 526 g/mol. The Labute approximate surface area is 220 Å². The van der Waals surface area contributed by atoms with Crippen LogP contribution < -0.4 is 11.1 Å². The third kappa shape index (κ3) is 7.49. The number of halogens is 2. The van der Waals surface area contributed by atoms with E-state index in [2.05, 4.69) is 24.4 Å². The minimum Gasteiger partial charge on any atom is -0.467 e. The zero-order valence-electron chi connectivity index (χ0n) is 21.4. The molecule has 2 heterocycles. The van der Waals surface area contributed by atoms with Crippen LogP contribution in [0.25, 0.3) is 0 Å². The fourth-order valence-electron chi connectivity index (χ4n) is 4.65. The molecule has 1 fully saturated rings. The van der Waals surface area contributed by atoms with E-state index in [0.29, 0.717) is 17.9 Å². The largest absolute Gasteiger partial charge is 0.467 e. The van der Waals surface area contributed by atoms with Gasteiger partial charge in [0.15, 0.2) is 0 Å². The Hall–Kier alpha value is -3.56. The van der Waals surface area contributed by atoms with E-state index in [1.807, 2.05) is 12.1 Å². The van der Waals surface area contributed by atoms with Crippen molar-refractivity contribution in [3.05, 3.63) is 94.9 Å². The van der Waals surface area contributed by atoms with Crippen molar-refractivity contribution in [3.8, 4) is 0 Å². The molecule has 38 heavy (non-hydrogen) atoms. The molecule has 3 aromatic rings. The van der Waals surface area contributed by atoms with Gasteiger partial charge in [-0.05, 0) is 53.8 Å². The van der Waals surface area contributed by atoms with Crippen LogP contribution in [0.4, 0.5) is 8.78 Å². The summed E-state index contributed by atoms with van der Waals surface area (Å²) in [7, 11) is 0. The van der Waals surface area contributed by atoms with Gasteiger partial charge < -0.3 is 25.1 Å². The maximum absolute atomic E-state index is 13.7. The monoisotopic (exact) mass is 525 g/mol. The van der Waals surface area contributed by atoms with Gasteiger partial charge in [0.25, 0.3) is 0 Å². The normalized spacial score (nSPS) is 17.0. The highest BCUT2D eigenvalue weighted by Gasteiger charge is 2.37. The van der Waals surface area contributed by atoms with Crippen LogP contribution in [0.15, 0.2) is 65.3 Å². The lowest BCUT2D eigenvalue weighted by Gasteiger charge is -2.26. The average Bonchev–Trinajstić information content (AvgIpc) is 3.53. The van der Waals surface area contributed by atoms with E-state index in [4.69, 9.17) is 14.9 Å². The second-order valence-electron chi connectivity index (χ2n) is 9.68. The molecule has 7 nitrogen and oxygen atoms in total. The van der Waals surface area contributed by atoms with Crippen LogP contribution in [-0.4, -0.2) is 42.0 Å². The molecule has 2 aromatic carbocycles. The van der Waals surface area contributed by atoms with Crippen molar-refractivity contribution in [2.45, 2.75) is 51.4 Å². The molecule has 0 aliphatic carbocycles. The molecule has 0 bridgehead atoms. The first-order chi connectivity index (χ1) is 18.3. The number of aryl methyl sites for hydroxylation is 1. The number of ether oxygens (including phenoxy) is 1. The molecule has 202 valence electrons. The Balaban J connectivity index is 1.41. The van der Waals surface area contributed by atoms with Gasteiger partial charge in [-0.25, -0.2) is 8.78 Å². The summed E-state index contributed by atoms with van der Waals surface area (Å²) in [6, 6.07) is 14.1. The summed E-state index contributed by atoms with van der Waals surface area (Å²) in [6.07, 6.45) is 1.81. The number of carbonyl (C=O) groups excluding carboxylic acids is 2.